The van der Waals surface area contributed by atoms with Gasteiger partial charge < -0.3 is 9.32 Å². The monoisotopic (exact) mass is 957 g/mol. The SMILES string of the molecule is c1ccc(N(c2ccc(-c3cccc4c3-c3ccccc3C43c4ccccc4-c4ccccc43)cc2)c2ccc(-c3cccc4c3sc3ccccc34)cc2)c(-c2cccc3c2oc2c4ccccc4ccc32)c1. The summed E-state index contributed by atoms with van der Waals surface area (Å²) in [4.78, 5) is 2.42. The van der Waals surface area contributed by atoms with E-state index >= 15 is 0 Å². The molecule has 0 unspecified atom stereocenters. The lowest BCUT2D eigenvalue weighted by Crippen LogP contribution is -2.25. The van der Waals surface area contributed by atoms with Crippen LogP contribution in [-0.2, 0) is 5.41 Å². The van der Waals surface area contributed by atoms with Crippen molar-refractivity contribution in [2.75, 3.05) is 4.90 Å². The Morgan fingerprint density at radius 3 is 1.55 bits per heavy atom. The lowest BCUT2D eigenvalue weighted by molar-refractivity contribution is 0.674. The fourth-order valence-corrected chi connectivity index (χ4v) is 14.2. The normalized spacial score (nSPS) is 13.0. The zero-order valence-electron chi connectivity index (χ0n) is 40.1. The van der Waals surface area contributed by atoms with E-state index in [1.807, 2.05) is 11.3 Å². The maximum atomic E-state index is 7.00. The number of rotatable bonds is 6. The zero-order chi connectivity index (χ0) is 48.5. The second kappa shape index (κ2) is 15.9. The van der Waals surface area contributed by atoms with Crippen molar-refractivity contribution < 1.29 is 4.42 Å². The first-order valence-corrected chi connectivity index (χ1v) is 26.3. The molecule has 2 nitrogen and oxygen atoms in total. The van der Waals surface area contributed by atoms with E-state index in [0.29, 0.717) is 0 Å². The van der Waals surface area contributed by atoms with Crippen LogP contribution in [0.5, 0.6) is 0 Å². The Kier molecular flexibility index (Phi) is 8.86. The highest BCUT2D eigenvalue weighted by Gasteiger charge is 2.52. The Hall–Kier alpha value is -9.28. The van der Waals surface area contributed by atoms with Gasteiger partial charge in [0, 0.05) is 58.8 Å². The van der Waals surface area contributed by atoms with Gasteiger partial charge >= 0.3 is 0 Å². The Bertz CT molecular complexity index is 4570. The number of hydrogen-bond acceptors (Lipinski definition) is 3. The minimum absolute atomic E-state index is 0.403. The summed E-state index contributed by atoms with van der Waals surface area (Å²) in [6.07, 6.45) is 0. The molecule has 12 aromatic carbocycles. The van der Waals surface area contributed by atoms with Crippen LogP contribution >= 0.6 is 11.3 Å². The van der Waals surface area contributed by atoms with Crippen LogP contribution in [0.2, 0.25) is 0 Å². The molecule has 0 fully saturated rings. The van der Waals surface area contributed by atoms with Gasteiger partial charge in [0.25, 0.3) is 0 Å². The van der Waals surface area contributed by atoms with Gasteiger partial charge in [0.05, 0.1) is 11.1 Å². The molecule has 0 amide bonds. The van der Waals surface area contributed by atoms with Crippen LogP contribution in [0.15, 0.2) is 265 Å². The zero-order valence-corrected chi connectivity index (χ0v) is 40.9. The number of fused-ring (bicyclic) bond motifs is 18. The Balaban J connectivity index is 0.869. The molecule has 2 heterocycles. The third-order valence-corrected chi connectivity index (χ3v) is 17.3. The Morgan fingerprint density at radius 2 is 0.811 bits per heavy atom. The molecule has 0 atom stereocenters. The highest BCUT2D eigenvalue weighted by Crippen LogP contribution is 2.64. The topological polar surface area (TPSA) is 16.4 Å². The number of furan rings is 1. The molecule has 0 aliphatic heterocycles. The summed E-state index contributed by atoms with van der Waals surface area (Å²) in [6, 6.07) is 96.3. The van der Waals surface area contributed by atoms with Crippen LogP contribution in [0, 0.1) is 0 Å². The first kappa shape index (κ1) is 41.3. The summed E-state index contributed by atoms with van der Waals surface area (Å²) in [7, 11) is 0. The largest absolute Gasteiger partial charge is 0.455 e. The molecule has 3 heteroatoms. The van der Waals surface area contributed by atoms with Crippen molar-refractivity contribution in [1.29, 1.82) is 0 Å². The first-order chi connectivity index (χ1) is 36.7. The molecular formula is C71H43NOS. The van der Waals surface area contributed by atoms with E-state index in [1.54, 1.807) is 0 Å². The van der Waals surface area contributed by atoms with Gasteiger partial charge in [-0.3, -0.25) is 0 Å². The highest BCUT2D eigenvalue weighted by atomic mass is 32.1. The van der Waals surface area contributed by atoms with E-state index in [4.69, 9.17) is 4.42 Å². The van der Waals surface area contributed by atoms with Crippen molar-refractivity contribution in [2.45, 2.75) is 5.41 Å². The quantitative estimate of drug-likeness (QED) is 0.165. The lowest BCUT2D eigenvalue weighted by atomic mass is 9.70. The molecule has 1 spiro atoms. The summed E-state index contributed by atoms with van der Waals surface area (Å²) < 4.78 is 9.62. The molecule has 344 valence electrons. The van der Waals surface area contributed by atoms with Crippen LogP contribution in [-0.4, -0.2) is 0 Å². The van der Waals surface area contributed by atoms with Crippen LogP contribution in [0.25, 0.3) is 109 Å². The fraction of sp³-hybridized carbons (Fsp3) is 0.0141. The van der Waals surface area contributed by atoms with Gasteiger partial charge in [-0.1, -0.05) is 218 Å². The van der Waals surface area contributed by atoms with Crippen molar-refractivity contribution in [3.8, 4) is 55.6 Å². The second-order valence-electron chi connectivity index (χ2n) is 19.8. The average molecular weight is 958 g/mol. The molecule has 0 N–H and O–H groups in total. The fourth-order valence-electron chi connectivity index (χ4n) is 13.0. The summed E-state index contributed by atoms with van der Waals surface area (Å²) >= 11 is 1.87. The average Bonchev–Trinajstić information content (AvgIpc) is 4.23. The Labute approximate surface area is 432 Å². The molecule has 14 aromatic rings. The number of para-hydroxylation sites is 2. The van der Waals surface area contributed by atoms with Crippen LogP contribution < -0.4 is 4.90 Å². The van der Waals surface area contributed by atoms with Gasteiger partial charge in [-0.15, -0.1) is 11.3 Å². The number of hydrogen-bond donors (Lipinski definition) is 0. The maximum absolute atomic E-state index is 7.00. The lowest BCUT2D eigenvalue weighted by Gasteiger charge is -2.30. The van der Waals surface area contributed by atoms with Crippen molar-refractivity contribution >= 4 is 81.3 Å². The van der Waals surface area contributed by atoms with Crippen LogP contribution in [0.1, 0.15) is 22.3 Å². The number of nitrogens with zero attached hydrogens (tertiary/aromatic N) is 1. The molecule has 2 aliphatic carbocycles. The standard InChI is InChI=1S/C71H43NOS/c1-2-17-50-44(16-1)38-43-58-57-26-14-25-56(69(57)73-68(50)58)54-20-6-11-32-65(54)72(48-41-36-46(37-42-48)51-24-13-27-59-55-21-7-12-33-66(55)74-70(51)59)47-39-34-45(35-40-47)49-23-15-31-64-67(49)60-22-5-10-30-63(60)71(64)61-28-8-3-18-52(61)53-19-4-9-29-62(53)71/h1-43H. The third-order valence-electron chi connectivity index (χ3n) is 16.1. The minimum Gasteiger partial charge on any atom is -0.455 e. The minimum atomic E-state index is -0.403. The highest BCUT2D eigenvalue weighted by molar-refractivity contribution is 7.26. The number of anilines is 3. The van der Waals surface area contributed by atoms with E-state index in [0.717, 1.165) is 55.5 Å². The Morgan fingerprint density at radius 1 is 0.311 bits per heavy atom. The molecule has 74 heavy (non-hydrogen) atoms. The van der Waals surface area contributed by atoms with Gasteiger partial charge in [-0.25, -0.2) is 0 Å². The van der Waals surface area contributed by atoms with Gasteiger partial charge in [0.2, 0.25) is 0 Å². The maximum Gasteiger partial charge on any atom is 0.143 e. The van der Waals surface area contributed by atoms with Crippen LogP contribution in [0.4, 0.5) is 17.1 Å². The molecule has 0 saturated carbocycles. The van der Waals surface area contributed by atoms with Crippen molar-refractivity contribution in [3.05, 3.63) is 283 Å². The van der Waals surface area contributed by atoms with Gasteiger partial charge in [0.1, 0.15) is 11.2 Å². The predicted molar refractivity (Wildman–Crippen MR) is 311 cm³/mol. The summed E-state index contributed by atoms with van der Waals surface area (Å²) in [6.45, 7) is 0. The van der Waals surface area contributed by atoms with Gasteiger partial charge in [-0.2, -0.15) is 0 Å². The molecular weight excluding hydrogens is 915 g/mol. The number of thiophene rings is 1. The third kappa shape index (κ3) is 5.76. The van der Waals surface area contributed by atoms with E-state index in [2.05, 4.69) is 266 Å². The molecule has 2 aromatic heterocycles. The van der Waals surface area contributed by atoms with E-state index < -0.39 is 5.41 Å². The van der Waals surface area contributed by atoms with E-state index in [-0.39, 0.29) is 0 Å². The van der Waals surface area contributed by atoms with E-state index in [9.17, 15) is 0 Å². The number of benzene rings is 12. The summed E-state index contributed by atoms with van der Waals surface area (Å²) in [5, 5.41) is 7.13. The van der Waals surface area contributed by atoms with Gasteiger partial charge in [-0.05, 0) is 115 Å². The first-order valence-electron chi connectivity index (χ1n) is 25.5. The predicted octanol–water partition coefficient (Wildman–Crippen LogP) is 19.9. The summed E-state index contributed by atoms with van der Waals surface area (Å²) in [5.41, 5.74) is 22.2. The second-order valence-corrected chi connectivity index (χ2v) is 20.8. The van der Waals surface area contributed by atoms with Crippen LogP contribution in [0.3, 0.4) is 0 Å². The van der Waals surface area contributed by atoms with Gasteiger partial charge in [0.15, 0.2) is 0 Å². The molecule has 0 saturated heterocycles. The van der Waals surface area contributed by atoms with E-state index in [1.165, 1.54) is 92.3 Å². The van der Waals surface area contributed by atoms with Crippen molar-refractivity contribution in [3.63, 3.8) is 0 Å². The van der Waals surface area contributed by atoms with Crippen molar-refractivity contribution in [2.24, 2.45) is 0 Å². The molecule has 0 radical (unpaired) electrons. The molecule has 16 rings (SSSR count). The van der Waals surface area contributed by atoms with Crippen molar-refractivity contribution in [1.82, 2.24) is 0 Å². The molecule has 0 bridgehead atoms. The summed E-state index contributed by atoms with van der Waals surface area (Å²) in [5.74, 6) is 0. The molecule has 2 aliphatic rings. The smallest absolute Gasteiger partial charge is 0.143 e.